The van der Waals surface area contributed by atoms with Gasteiger partial charge in [-0.3, -0.25) is 0 Å². The molecule has 0 amide bonds. The molecule has 0 radical (unpaired) electrons. The lowest BCUT2D eigenvalue weighted by Crippen LogP contribution is -2.17. The lowest BCUT2D eigenvalue weighted by molar-refractivity contribution is 0.0562. The van der Waals surface area contributed by atoms with Crippen LogP contribution in [-0.2, 0) is 10.2 Å². The zero-order valence-corrected chi connectivity index (χ0v) is 11.6. The Labute approximate surface area is 110 Å². The second-order valence-electron chi connectivity index (χ2n) is 5.21. The van der Waals surface area contributed by atoms with Crippen LogP contribution in [0.3, 0.4) is 0 Å². The van der Waals surface area contributed by atoms with Gasteiger partial charge >= 0.3 is 5.97 Å². The van der Waals surface area contributed by atoms with E-state index in [1.807, 2.05) is 20.8 Å². The highest BCUT2D eigenvalue weighted by Crippen LogP contribution is 2.31. The van der Waals surface area contributed by atoms with Crippen LogP contribution in [0.5, 0.6) is 0 Å². The topological polar surface area (TPSA) is 78.4 Å². The van der Waals surface area contributed by atoms with Crippen molar-refractivity contribution < 1.29 is 18.4 Å². The average molecular weight is 264 g/mol. The van der Waals surface area contributed by atoms with Crippen molar-refractivity contribution in [3.8, 4) is 11.7 Å². The quantitative estimate of drug-likeness (QED) is 0.776. The maximum Gasteiger partial charge on any atom is 0.376 e. The largest absolute Gasteiger partial charge is 0.463 e. The Kier molecular flexibility index (Phi) is 3.18. The summed E-state index contributed by atoms with van der Waals surface area (Å²) in [7, 11) is 1.30. The third-order valence-corrected chi connectivity index (χ3v) is 2.65. The fourth-order valence-corrected chi connectivity index (χ4v) is 1.66. The van der Waals surface area contributed by atoms with Gasteiger partial charge in [-0.25, -0.2) is 14.8 Å². The Morgan fingerprint density at radius 1 is 1.37 bits per heavy atom. The Morgan fingerprint density at radius 3 is 2.53 bits per heavy atom. The van der Waals surface area contributed by atoms with Gasteiger partial charge in [0.05, 0.1) is 12.8 Å². The average Bonchev–Trinajstić information content (AvgIpc) is 2.92. The van der Waals surface area contributed by atoms with Crippen LogP contribution in [0.2, 0.25) is 0 Å². The third kappa shape index (κ3) is 2.38. The van der Waals surface area contributed by atoms with Gasteiger partial charge in [-0.2, -0.15) is 0 Å². The molecule has 0 unspecified atom stereocenters. The highest BCUT2D eigenvalue weighted by atomic mass is 16.5. The van der Waals surface area contributed by atoms with Crippen LogP contribution in [0.4, 0.5) is 0 Å². The van der Waals surface area contributed by atoms with E-state index in [9.17, 15) is 4.79 Å². The van der Waals surface area contributed by atoms with Crippen molar-refractivity contribution >= 4 is 5.97 Å². The predicted octanol–water partition coefficient (Wildman–Crippen LogP) is 2.72. The molecule has 0 saturated carbocycles. The number of nitrogens with zero attached hydrogens (tertiary/aromatic N) is 2. The number of carbonyl (C=O) groups is 1. The van der Waals surface area contributed by atoms with Crippen molar-refractivity contribution in [1.82, 2.24) is 9.97 Å². The summed E-state index contributed by atoms with van der Waals surface area (Å²) in [6, 6.07) is 0. The SMILES string of the molecule is COC(=O)c1oc(-c2ocnc2C)nc1C(C)(C)C. The first kappa shape index (κ1) is 13.3. The zero-order chi connectivity index (χ0) is 14.2. The Hall–Kier alpha value is -2.11. The van der Waals surface area contributed by atoms with Crippen LogP contribution >= 0.6 is 0 Å². The Bertz CT molecular complexity index is 604. The van der Waals surface area contributed by atoms with E-state index in [0.29, 0.717) is 17.1 Å². The first-order chi connectivity index (χ1) is 8.84. The molecule has 2 aromatic heterocycles. The number of carbonyl (C=O) groups excluding carboxylic acids is 1. The highest BCUT2D eigenvalue weighted by Gasteiger charge is 2.31. The first-order valence-corrected chi connectivity index (χ1v) is 5.84. The van der Waals surface area contributed by atoms with Crippen LogP contribution in [0.15, 0.2) is 15.2 Å². The van der Waals surface area contributed by atoms with Crippen LogP contribution in [0, 0.1) is 6.92 Å². The molecule has 6 nitrogen and oxygen atoms in total. The van der Waals surface area contributed by atoms with Gasteiger partial charge in [-0.15, -0.1) is 0 Å². The second-order valence-corrected chi connectivity index (χ2v) is 5.21. The summed E-state index contributed by atoms with van der Waals surface area (Å²) < 4.78 is 15.4. The third-order valence-electron chi connectivity index (χ3n) is 2.65. The molecule has 0 bridgehead atoms. The number of oxazole rings is 2. The summed E-state index contributed by atoms with van der Waals surface area (Å²) in [6.45, 7) is 7.59. The van der Waals surface area contributed by atoms with E-state index in [-0.39, 0.29) is 17.1 Å². The number of rotatable bonds is 2. The molecular weight excluding hydrogens is 248 g/mol. The second kappa shape index (κ2) is 4.53. The molecule has 2 rings (SSSR count). The molecule has 0 aromatic carbocycles. The lowest BCUT2D eigenvalue weighted by atomic mass is 9.91. The minimum Gasteiger partial charge on any atom is -0.463 e. The molecule has 6 heteroatoms. The number of hydrogen-bond donors (Lipinski definition) is 0. The number of esters is 1. The van der Waals surface area contributed by atoms with Gasteiger partial charge in [0, 0.05) is 5.41 Å². The molecule has 102 valence electrons. The van der Waals surface area contributed by atoms with Crippen molar-refractivity contribution in [2.24, 2.45) is 0 Å². The monoisotopic (exact) mass is 264 g/mol. The van der Waals surface area contributed by atoms with E-state index >= 15 is 0 Å². The highest BCUT2D eigenvalue weighted by molar-refractivity contribution is 5.88. The van der Waals surface area contributed by atoms with E-state index in [2.05, 4.69) is 9.97 Å². The molecule has 0 atom stereocenters. The van der Waals surface area contributed by atoms with Gasteiger partial charge in [-0.05, 0) is 6.92 Å². The minimum atomic E-state index is -0.555. The van der Waals surface area contributed by atoms with Crippen molar-refractivity contribution in [2.45, 2.75) is 33.1 Å². The van der Waals surface area contributed by atoms with Gasteiger partial charge in [-0.1, -0.05) is 20.8 Å². The van der Waals surface area contributed by atoms with E-state index in [0.717, 1.165) is 0 Å². The van der Waals surface area contributed by atoms with Crippen LogP contribution in [0.1, 0.15) is 42.7 Å². The smallest absolute Gasteiger partial charge is 0.376 e. The number of hydrogen-bond acceptors (Lipinski definition) is 6. The van der Waals surface area contributed by atoms with Gasteiger partial charge in [0.15, 0.2) is 6.39 Å². The van der Waals surface area contributed by atoms with Crippen molar-refractivity contribution in [1.29, 1.82) is 0 Å². The number of aromatic nitrogens is 2. The Morgan fingerprint density at radius 2 is 2.05 bits per heavy atom. The van der Waals surface area contributed by atoms with E-state index in [1.54, 1.807) is 6.92 Å². The van der Waals surface area contributed by atoms with Crippen LogP contribution in [0.25, 0.3) is 11.7 Å². The maximum absolute atomic E-state index is 11.7. The molecule has 19 heavy (non-hydrogen) atoms. The number of methoxy groups -OCH3 is 1. The number of ether oxygens (including phenoxy) is 1. The molecule has 0 saturated heterocycles. The molecule has 0 spiro atoms. The summed E-state index contributed by atoms with van der Waals surface area (Å²) in [6.07, 6.45) is 1.31. The van der Waals surface area contributed by atoms with Crippen LogP contribution < -0.4 is 0 Å². The summed E-state index contributed by atoms with van der Waals surface area (Å²) >= 11 is 0. The summed E-state index contributed by atoms with van der Waals surface area (Å²) in [5.41, 5.74) is 0.836. The normalized spacial score (nSPS) is 11.6. The fourth-order valence-electron chi connectivity index (χ4n) is 1.66. The molecule has 0 aliphatic rings. The standard InChI is InChI=1S/C13H16N2O4/c1-7-8(18-6-14-7)11-15-10(13(2,3)4)9(19-11)12(16)17-5/h6H,1-5H3. The molecule has 2 aromatic rings. The predicted molar refractivity (Wildman–Crippen MR) is 66.8 cm³/mol. The molecular formula is C13H16N2O4. The summed E-state index contributed by atoms with van der Waals surface area (Å²) in [5, 5.41) is 0. The number of aryl methyl sites for hydroxylation is 1. The lowest BCUT2D eigenvalue weighted by Gasteiger charge is -2.15. The molecule has 0 aliphatic heterocycles. The minimum absolute atomic E-state index is 0.0980. The molecule has 0 N–H and O–H groups in total. The van der Waals surface area contributed by atoms with Gasteiger partial charge in [0.1, 0.15) is 5.69 Å². The van der Waals surface area contributed by atoms with Gasteiger partial charge in [0.2, 0.25) is 11.5 Å². The first-order valence-electron chi connectivity index (χ1n) is 5.84. The van der Waals surface area contributed by atoms with Crippen molar-refractivity contribution in [3.63, 3.8) is 0 Å². The van der Waals surface area contributed by atoms with E-state index in [1.165, 1.54) is 13.5 Å². The van der Waals surface area contributed by atoms with E-state index in [4.69, 9.17) is 13.6 Å². The van der Waals surface area contributed by atoms with Crippen LogP contribution in [-0.4, -0.2) is 23.0 Å². The maximum atomic E-state index is 11.7. The van der Waals surface area contributed by atoms with Crippen molar-refractivity contribution in [2.75, 3.05) is 7.11 Å². The molecule has 2 heterocycles. The molecule has 0 aliphatic carbocycles. The Balaban J connectivity index is 2.58. The molecule has 0 fully saturated rings. The van der Waals surface area contributed by atoms with Gasteiger partial charge in [0.25, 0.3) is 5.89 Å². The zero-order valence-electron chi connectivity index (χ0n) is 11.6. The summed E-state index contributed by atoms with van der Waals surface area (Å²) in [5.74, 6) is 0.197. The van der Waals surface area contributed by atoms with E-state index < -0.39 is 5.97 Å². The fraction of sp³-hybridized carbons (Fsp3) is 0.462. The summed E-state index contributed by atoms with van der Waals surface area (Å²) in [4.78, 5) is 20.1. The van der Waals surface area contributed by atoms with Gasteiger partial charge < -0.3 is 13.6 Å². The van der Waals surface area contributed by atoms with Crippen molar-refractivity contribution in [3.05, 3.63) is 23.5 Å².